The summed E-state index contributed by atoms with van der Waals surface area (Å²) in [7, 11) is 0. The molecule has 2 amide bonds. The van der Waals surface area contributed by atoms with Crippen LogP contribution < -0.4 is 16.2 Å². The third-order valence-electron chi connectivity index (χ3n) is 2.61. The average molecular weight is 320 g/mol. The lowest BCUT2D eigenvalue weighted by molar-refractivity contribution is -0.120. The number of hydrogen-bond donors (Lipinski definition) is 3. The number of anilines is 1. The topological polar surface area (TPSA) is 104 Å². The lowest BCUT2D eigenvalue weighted by Gasteiger charge is -2.06. The normalized spacial score (nSPS) is 10.5. The van der Waals surface area contributed by atoms with Crippen LogP contribution in [-0.4, -0.2) is 27.8 Å². The number of pyridine rings is 1. The van der Waals surface area contributed by atoms with Gasteiger partial charge in [0.2, 0.25) is 11.5 Å². The lowest BCUT2D eigenvalue weighted by Crippen LogP contribution is -2.31. The molecule has 0 spiro atoms. The summed E-state index contributed by atoms with van der Waals surface area (Å²) in [6.45, 7) is 3.77. The van der Waals surface area contributed by atoms with E-state index in [-0.39, 0.29) is 29.8 Å². The lowest BCUT2D eigenvalue weighted by atomic mass is 10.3. The van der Waals surface area contributed by atoms with Crippen molar-refractivity contribution in [3.05, 3.63) is 45.3 Å². The van der Waals surface area contributed by atoms with Crippen LogP contribution in [0.15, 0.2) is 28.5 Å². The highest BCUT2D eigenvalue weighted by Crippen LogP contribution is 2.16. The van der Waals surface area contributed by atoms with E-state index in [4.69, 9.17) is 0 Å². The van der Waals surface area contributed by atoms with Crippen molar-refractivity contribution in [2.45, 2.75) is 26.3 Å². The number of rotatable bonds is 5. The fourth-order valence-corrected chi connectivity index (χ4v) is 2.41. The highest BCUT2D eigenvalue weighted by Gasteiger charge is 2.11. The van der Waals surface area contributed by atoms with Crippen molar-refractivity contribution in [2.75, 3.05) is 5.32 Å². The number of aromatic nitrogens is 2. The van der Waals surface area contributed by atoms with E-state index in [0.717, 1.165) is 0 Å². The Balaban J connectivity index is 1.97. The predicted molar refractivity (Wildman–Crippen MR) is 84.1 cm³/mol. The van der Waals surface area contributed by atoms with Crippen LogP contribution in [0, 0.1) is 0 Å². The van der Waals surface area contributed by atoms with Crippen LogP contribution in [0.25, 0.3) is 0 Å². The molecule has 22 heavy (non-hydrogen) atoms. The molecular formula is C14H16N4O3S. The van der Waals surface area contributed by atoms with Crippen molar-refractivity contribution in [1.82, 2.24) is 15.3 Å². The maximum absolute atomic E-state index is 12.0. The number of thiazole rings is 1. The molecule has 0 saturated carbocycles. The molecule has 2 rings (SSSR count). The smallest absolute Gasteiger partial charge is 0.258 e. The number of H-pyrrole nitrogens is 1. The van der Waals surface area contributed by atoms with E-state index in [1.807, 2.05) is 13.8 Å². The maximum Gasteiger partial charge on any atom is 0.258 e. The first-order valence-electron chi connectivity index (χ1n) is 6.68. The van der Waals surface area contributed by atoms with Crippen LogP contribution in [0.2, 0.25) is 0 Å². The number of amides is 2. The van der Waals surface area contributed by atoms with Crippen molar-refractivity contribution in [2.24, 2.45) is 0 Å². The summed E-state index contributed by atoms with van der Waals surface area (Å²) in [6, 6.07) is 2.78. The van der Waals surface area contributed by atoms with Gasteiger partial charge < -0.3 is 10.3 Å². The van der Waals surface area contributed by atoms with Gasteiger partial charge in [0.15, 0.2) is 5.13 Å². The molecule has 8 heteroatoms. The third kappa shape index (κ3) is 4.52. The Morgan fingerprint density at radius 1 is 1.36 bits per heavy atom. The number of hydrogen-bond acceptors (Lipinski definition) is 5. The summed E-state index contributed by atoms with van der Waals surface area (Å²) in [5.74, 6) is -0.484. The molecule has 7 nitrogen and oxygen atoms in total. The van der Waals surface area contributed by atoms with E-state index >= 15 is 0 Å². The summed E-state index contributed by atoms with van der Waals surface area (Å²) in [5.41, 5.74) is 0.651. The monoisotopic (exact) mass is 320 g/mol. The fourth-order valence-electron chi connectivity index (χ4n) is 1.70. The van der Waals surface area contributed by atoms with Crippen LogP contribution in [0.3, 0.4) is 0 Å². The Bertz CT molecular complexity index is 715. The van der Waals surface area contributed by atoms with E-state index in [0.29, 0.717) is 16.4 Å². The van der Waals surface area contributed by atoms with Gasteiger partial charge in [0.05, 0.1) is 17.7 Å². The highest BCUT2D eigenvalue weighted by atomic mass is 32.1. The minimum absolute atomic E-state index is 0.0746. The van der Waals surface area contributed by atoms with Crippen molar-refractivity contribution >= 4 is 28.3 Å². The molecule has 0 saturated heterocycles. The van der Waals surface area contributed by atoms with E-state index in [1.165, 1.54) is 29.7 Å². The molecule has 0 aliphatic rings. The van der Waals surface area contributed by atoms with Gasteiger partial charge in [0.25, 0.3) is 5.91 Å². The molecule has 2 aromatic heterocycles. The molecule has 0 atom stereocenters. The zero-order valence-electron chi connectivity index (χ0n) is 12.2. The van der Waals surface area contributed by atoms with Gasteiger partial charge in [-0.05, 0) is 19.9 Å². The average Bonchev–Trinajstić information content (AvgIpc) is 2.85. The molecule has 2 aromatic rings. The first kappa shape index (κ1) is 15.9. The minimum atomic E-state index is -0.371. The number of carbonyl (C=O) groups is 2. The fraction of sp³-hybridized carbons (Fsp3) is 0.286. The number of nitrogens with zero attached hydrogens (tertiary/aromatic N) is 1. The predicted octanol–water partition coefficient (Wildman–Crippen LogP) is 1.15. The van der Waals surface area contributed by atoms with Gasteiger partial charge in [-0.25, -0.2) is 4.98 Å². The molecule has 0 radical (unpaired) electrons. The van der Waals surface area contributed by atoms with Crippen molar-refractivity contribution in [3.8, 4) is 0 Å². The molecule has 0 aliphatic carbocycles. The van der Waals surface area contributed by atoms with Crippen molar-refractivity contribution in [3.63, 3.8) is 0 Å². The second kappa shape index (κ2) is 6.99. The maximum atomic E-state index is 12.0. The molecule has 3 N–H and O–H groups in total. The Morgan fingerprint density at radius 2 is 2.14 bits per heavy atom. The first-order valence-corrected chi connectivity index (χ1v) is 7.56. The minimum Gasteiger partial charge on any atom is -0.354 e. The van der Waals surface area contributed by atoms with Crippen LogP contribution in [0.1, 0.15) is 29.9 Å². The second-order valence-corrected chi connectivity index (χ2v) is 5.80. The number of carbonyl (C=O) groups excluding carboxylic acids is 2. The van der Waals surface area contributed by atoms with Gasteiger partial charge in [-0.2, -0.15) is 0 Å². The molecular weight excluding hydrogens is 304 g/mol. The number of nitrogens with one attached hydrogen (secondary N) is 3. The molecule has 0 aromatic carbocycles. The summed E-state index contributed by atoms with van der Waals surface area (Å²) < 4.78 is 0. The Labute approximate surface area is 130 Å². The first-order chi connectivity index (χ1) is 10.4. The summed E-state index contributed by atoms with van der Waals surface area (Å²) in [5, 5.41) is 7.53. The van der Waals surface area contributed by atoms with Gasteiger partial charge in [0, 0.05) is 23.7 Å². The van der Waals surface area contributed by atoms with Crippen molar-refractivity contribution in [1.29, 1.82) is 0 Å². The quantitative estimate of drug-likeness (QED) is 0.768. The van der Waals surface area contributed by atoms with Crippen LogP contribution in [0.5, 0.6) is 0 Å². The molecule has 0 fully saturated rings. The van der Waals surface area contributed by atoms with E-state index < -0.39 is 0 Å². The SMILES string of the molecule is CC(C)NC(=O)Cc1csc(NC(=O)c2ccc(=O)[nH]c2)n1. The van der Waals surface area contributed by atoms with Crippen LogP contribution in [0.4, 0.5) is 5.13 Å². The molecule has 116 valence electrons. The summed E-state index contributed by atoms with van der Waals surface area (Å²) >= 11 is 1.24. The van der Waals surface area contributed by atoms with Crippen LogP contribution in [-0.2, 0) is 11.2 Å². The Kier molecular flexibility index (Phi) is 5.05. The molecule has 0 unspecified atom stereocenters. The second-order valence-electron chi connectivity index (χ2n) is 4.94. The Morgan fingerprint density at radius 3 is 2.77 bits per heavy atom. The van der Waals surface area contributed by atoms with Gasteiger partial charge in [0.1, 0.15) is 0 Å². The van der Waals surface area contributed by atoms with E-state index in [1.54, 1.807) is 5.38 Å². The van der Waals surface area contributed by atoms with E-state index in [2.05, 4.69) is 20.6 Å². The molecule has 0 aliphatic heterocycles. The van der Waals surface area contributed by atoms with Gasteiger partial charge in [-0.15, -0.1) is 11.3 Å². The summed E-state index contributed by atoms with van der Waals surface area (Å²) in [6.07, 6.45) is 1.51. The largest absolute Gasteiger partial charge is 0.354 e. The van der Waals surface area contributed by atoms with Gasteiger partial charge in [-0.3, -0.25) is 19.7 Å². The highest BCUT2D eigenvalue weighted by molar-refractivity contribution is 7.14. The standard InChI is InChI=1S/C14H16N4O3S/c1-8(2)16-12(20)5-10-7-22-14(17-10)18-13(21)9-3-4-11(19)15-6-9/h3-4,6-8H,5H2,1-2H3,(H,15,19)(H,16,20)(H,17,18,21). The molecule has 0 bridgehead atoms. The third-order valence-corrected chi connectivity index (χ3v) is 3.42. The Hall–Kier alpha value is -2.48. The van der Waals surface area contributed by atoms with Crippen LogP contribution >= 0.6 is 11.3 Å². The summed E-state index contributed by atoms with van der Waals surface area (Å²) in [4.78, 5) is 41.2. The number of aromatic amines is 1. The van der Waals surface area contributed by atoms with Gasteiger partial charge >= 0.3 is 0 Å². The van der Waals surface area contributed by atoms with E-state index in [9.17, 15) is 14.4 Å². The zero-order chi connectivity index (χ0) is 16.1. The van der Waals surface area contributed by atoms with Crippen molar-refractivity contribution < 1.29 is 9.59 Å². The van der Waals surface area contributed by atoms with Gasteiger partial charge in [-0.1, -0.05) is 0 Å². The zero-order valence-corrected chi connectivity index (χ0v) is 13.0. The molecule has 2 heterocycles.